The van der Waals surface area contributed by atoms with Crippen molar-refractivity contribution >= 4 is 22.4 Å². The van der Waals surface area contributed by atoms with Crippen LogP contribution in [-0.4, -0.2) is 27.8 Å². The lowest BCUT2D eigenvalue weighted by molar-refractivity contribution is 0.102. The van der Waals surface area contributed by atoms with Gasteiger partial charge < -0.3 is 9.15 Å². The Hall–Kier alpha value is -3.39. The highest BCUT2D eigenvalue weighted by Gasteiger charge is 2.16. The summed E-state index contributed by atoms with van der Waals surface area (Å²) in [6.07, 6.45) is 1.73. The van der Waals surface area contributed by atoms with E-state index in [9.17, 15) is 4.79 Å². The maximum atomic E-state index is 12.6. The summed E-state index contributed by atoms with van der Waals surface area (Å²) in [5.74, 6) is 1.99. The zero-order valence-corrected chi connectivity index (χ0v) is 17.3. The molecule has 0 atom stereocenters. The van der Waals surface area contributed by atoms with Crippen LogP contribution in [0, 0.1) is 20.8 Å². The molecule has 0 aliphatic rings. The predicted octanol–water partition coefficient (Wildman–Crippen LogP) is 4.77. The van der Waals surface area contributed by atoms with Gasteiger partial charge in [-0.25, -0.2) is 9.67 Å². The minimum absolute atomic E-state index is 0.292. The highest BCUT2D eigenvalue weighted by Crippen LogP contribution is 2.30. The first-order chi connectivity index (χ1) is 13.9. The fraction of sp³-hybridized carbons (Fsp3) is 0.190. The third-order valence-electron chi connectivity index (χ3n) is 4.44. The topological polar surface area (TPSA) is 82.2 Å². The zero-order chi connectivity index (χ0) is 20.5. The van der Waals surface area contributed by atoms with Crippen molar-refractivity contribution in [2.75, 3.05) is 12.4 Å². The molecule has 4 rings (SSSR count). The van der Waals surface area contributed by atoms with Crippen LogP contribution in [0.3, 0.4) is 0 Å². The number of aromatic nitrogens is 3. The normalized spacial score (nSPS) is 10.9. The van der Waals surface area contributed by atoms with E-state index in [4.69, 9.17) is 9.15 Å². The lowest BCUT2D eigenvalue weighted by Crippen LogP contribution is -2.13. The van der Waals surface area contributed by atoms with E-state index < -0.39 is 0 Å². The second-order valence-corrected chi connectivity index (χ2v) is 7.50. The number of nitrogens with one attached hydrogen (secondary N) is 1. The highest BCUT2D eigenvalue weighted by atomic mass is 32.1. The summed E-state index contributed by atoms with van der Waals surface area (Å²) in [5.41, 5.74) is 3.83. The van der Waals surface area contributed by atoms with Crippen molar-refractivity contribution < 1.29 is 13.9 Å². The number of ether oxygens (including phenoxy) is 1. The number of carbonyl (C=O) groups excluding carboxylic acids is 1. The molecule has 0 aliphatic carbocycles. The van der Waals surface area contributed by atoms with Gasteiger partial charge in [-0.15, -0.1) is 11.3 Å². The number of nitrogens with zero attached hydrogens (tertiary/aromatic N) is 3. The summed E-state index contributed by atoms with van der Waals surface area (Å²) in [7, 11) is 1.61. The fourth-order valence-corrected chi connectivity index (χ4v) is 3.76. The van der Waals surface area contributed by atoms with Crippen LogP contribution in [0.15, 0.2) is 46.3 Å². The number of hydrogen-bond donors (Lipinski definition) is 1. The molecular formula is C21H20N4O3S. The molecule has 148 valence electrons. The van der Waals surface area contributed by atoms with Gasteiger partial charge in [0.2, 0.25) is 0 Å². The number of thiazole rings is 1. The standard InChI is InChI=1S/C21H20N4O3S/c1-12-5-6-19(27-4)18(9-12)25-8-7-16(24-25)20(26)23-21-22-17(11-29-21)15-10-13(2)28-14(15)3/h5-11H,1-4H3,(H,22,23,26). The van der Waals surface area contributed by atoms with E-state index in [1.54, 1.807) is 24.1 Å². The molecule has 0 aliphatic heterocycles. The predicted molar refractivity (Wildman–Crippen MR) is 112 cm³/mol. The first kappa shape index (κ1) is 18.9. The molecule has 4 aromatic rings. The van der Waals surface area contributed by atoms with Crippen molar-refractivity contribution in [3.05, 3.63) is 64.7 Å². The summed E-state index contributed by atoms with van der Waals surface area (Å²) in [5, 5.41) is 9.60. The number of methoxy groups -OCH3 is 1. The van der Waals surface area contributed by atoms with E-state index >= 15 is 0 Å². The largest absolute Gasteiger partial charge is 0.494 e. The van der Waals surface area contributed by atoms with Gasteiger partial charge in [-0.05, 0) is 50.6 Å². The molecule has 1 N–H and O–H groups in total. The van der Waals surface area contributed by atoms with Crippen molar-refractivity contribution in [2.24, 2.45) is 0 Å². The molecule has 0 bridgehead atoms. The Labute approximate surface area is 172 Å². The summed E-state index contributed by atoms with van der Waals surface area (Å²) in [6.45, 7) is 5.78. The van der Waals surface area contributed by atoms with Crippen molar-refractivity contribution in [1.82, 2.24) is 14.8 Å². The monoisotopic (exact) mass is 408 g/mol. The molecule has 3 heterocycles. The van der Waals surface area contributed by atoms with E-state index in [-0.39, 0.29) is 5.91 Å². The average molecular weight is 408 g/mol. The molecule has 0 unspecified atom stereocenters. The number of aryl methyl sites for hydroxylation is 3. The van der Waals surface area contributed by atoms with E-state index in [1.807, 2.05) is 50.4 Å². The van der Waals surface area contributed by atoms with Crippen LogP contribution in [0.5, 0.6) is 5.75 Å². The van der Waals surface area contributed by atoms with Gasteiger partial charge in [0.05, 0.1) is 12.8 Å². The Morgan fingerprint density at radius 1 is 1.21 bits per heavy atom. The molecule has 0 saturated heterocycles. The van der Waals surface area contributed by atoms with Crippen molar-refractivity contribution in [1.29, 1.82) is 0 Å². The average Bonchev–Trinajstić information content (AvgIpc) is 3.41. The Kier molecular flexibility index (Phi) is 4.94. The minimum Gasteiger partial charge on any atom is -0.494 e. The van der Waals surface area contributed by atoms with E-state index in [0.717, 1.165) is 34.0 Å². The number of anilines is 1. The number of benzene rings is 1. The lowest BCUT2D eigenvalue weighted by atomic mass is 10.2. The van der Waals surface area contributed by atoms with Gasteiger partial charge in [-0.1, -0.05) is 6.07 Å². The molecule has 0 fully saturated rings. The molecule has 0 spiro atoms. The van der Waals surface area contributed by atoms with Crippen LogP contribution in [-0.2, 0) is 0 Å². The molecule has 7 nitrogen and oxygen atoms in total. The molecule has 0 saturated carbocycles. The van der Waals surface area contributed by atoms with Gasteiger partial charge in [0.15, 0.2) is 10.8 Å². The van der Waals surface area contributed by atoms with Gasteiger partial charge >= 0.3 is 0 Å². The maximum absolute atomic E-state index is 12.6. The fourth-order valence-electron chi connectivity index (χ4n) is 3.06. The van der Waals surface area contributed by atoms with Gasteiger partial charge in [0.1, 0.15) is 23.0 Å². The molecule has 3 aromatic heterocycles. The number of amides is 1. The number of hydrogen-bond acceptors (Lipinski definition) is 6. The van der Waals surface area contributed by atoms with Crippen LogP contribution in [0.25, 0.3) is 16.9 Å². The number of furan rings is 1. The Balaban J connectivity index is 1.54. The maximum Gasteiger partial charge on any atom is 0.277 e. The van der Waals surface area contributed by atoms with E-state index in [1.165, 1.54) is 11.3 Å². The lowest BCUT2D eigenvalue weighted by Gasteiger charge is -2.09. The van der Waals surface area contributed by atoms with Crippen molar-refractivity contribution in [2.45, 2.75) is 20.8 Å². The molecule has 29 heavy (non-hydrogen) atoms. The number of rotatable bonds is 5. The van der Waals surface area contributed by atoms with Crippen LogP contribution in [0.1, 0.15) is 27.6 Å². The summed E-state index contributed by atoms with van der Waals surface area (Å²) < 4.78 is 12.6. The number of carbonyl (C=O) groups is 1. The summed E-state index contributed by atoms with van der Waals surface area (Å²) in [4.78, 5) is 17.1. The highest BCUT2D eigenvalue weighted by molar-refractivity contribution is 7.14. The molecule has 0 radical (unpaired) electrons. The van der Waals surface area contributed by atoms with Crippen LogP contribution in [0.2, 0.25) is 0 Å². The molecular weight excluding hydrogens is 388 g/mol. The van der Waals surface area contributed by atoms with Gasteiger partial charge in [0, 0.05) is 17.1 Å². The first-order valence-corrected chi connectivity index (χ1v) is 9.87. The van der Waals surface area contributed by atoms with E-state index in [0.29, 0.717) is 16.6 Å². The molecule has 1 amide bonds. The Morgan fingerprint density at radius 2 is 2.03 bits per heavy atom. The summed E-state index contributed by atoms with van der Waals surface area (Å²) in [6, 6.07) is 9.39. The van der Waals surface area contributed by atoms with Crippen LogP contribution >= 0.6 is 11.3 Å². The van der Waals surface area contributed by atoms with E-state index in [2.05, 4.69) is 15.4 Å². The molecule has 8 heteroatoms. The zero-order valence-electron chi connectivity index (χ0n) is 16.5. The second-order valence-electron chi connectivity index (χ2n) is 6.64. The third-order valence-corrected chi connectivity index (χ3v) is 5.20. The second kappa shape index (κ2) is 7.56. The Bertz CT molecular complexity index is 1190. The van der Waals surface area contributed by atoms with Crippen molar-refractivity contribution in [3.8, 4) is 22.7 Å². The molecule has 1 aromatic carbocycles. The Morgan fingerprint density at radius 3 is 2.76 bits per heavy atom. The smallest absolute Gasteiger partial charge is 0.277 e. The van der Waals surface area contributed by atoms with Gasteiger partial charge in [-0.3, -0.25) is 10.1 Å². The first-order valence-electron chi connectivity index (χ1n) is 8.99. The van der Waals surface area contributed by atoms with Crippen LogP contribution in [0.4, 0.5) is 5.13 Å². The van der Waals surface area contributed by atoms with Gasteiger partial charge in [-0.2, -0.15) is 5.10 Å². The SMILES string of the molecule is COc1ccc(C)cc1-n1ccc(C(=O)Nc2nc(-c3cc(C)oc3C)cs2)n1. The van der Waals surface area contributed by atoms with Crippen LogP contribution < -0.4 is 10.1 Å². The quantitative estimate of drug-likeness (QED) is 0.514. The van der Waals surface area contributed by atoms with Gasteiger partial charge in [0.25, 0.3) is 5.91 Å². The summed E-state index contributed by atoms with van der Waals surface area (Å²) >= 11 is 1.36. The van der Waals surface area contributed by atoms with Crippen molar-refractivity contribution in [3.63, 3.8) is 0 Å². The third kappa shape index (κ3) is 3.79. The minimum atomic E-state index is -0.323.